The number of hydrogen-bond donors (Lipinski definition) is 0. The van der Waals surface area contributed by atoms with Crippen LogP contribution in [0.3, 0.4) is 0 Å². The van der Waals surface area contributed by atoms with Crippen LogP contribution in [0.5, 0.6) is 0 Å². The molecule has 4 aromatic rings. The molecule has 37 heavy (non-hydrogen) atoms. The van der Waals surface area contributed by atoms with Crippen molar-refractivity contribution in [2.24, 2.45) is 7.05 Å². The van der Waals surface area contributed by atoms with Crippen molar-refractivity contribution in [1.29, 1.82) is 0 Å². The summed E-state index contributed by atoms with van der Waals surface area (Å²) in [6.07, 6.45) is -1.92. The lowest BCUT2D eigenvalue weighted by atomic mass is 9.87. The van der Waals surface area contributed by atoms with Gasteiger partial charge in [0.25, 0.3) is 0 Å². The number of aryl methyl sites for hydroxylation is 2. The number of amides is 1. The van der Waals surface area contributed by atoms with E-state index in [-0.39, 0.29) is 11.8 Å². The zero-order valence-corrected chi connectivity index (χ0v) is 21.0. The molecule has 1 saturated heterocycles. The first-order valence-corrected chi connectivity index (χ1v) is 12.5. The van der Waals surface area contributed by atoms with Crippen LogP contribution in [0.2, 0.25) is 0 Å². The van der Waals surface area contributed by atoms with Crippen molar-refractivity contribution < 1.29 is 18.0 Å². The van der Waals surface area contributed by atoms with Gasteiger partial charge in [-0.25, -0.2) is 0 Å². The van der Waals surface area contributed by atoms with Crippen LogP contribution < -0.4 is 4.90 Å². The smallest absolute Gasteiger partial charge is 0.368 e. The first-order chi connectivity index (χ1) is 17.7. The molecule has 5 rings (SSSR count). The van der Waals surface area contributed by atoms with Crippen LogP contribution in [0.25, 0.3) is 10.9 Å². The van der Waals surface area contributed by atoms with Crippen molar-refractivity contribution in [3.05, 3.63) is 101 Å². The standard InChI is InChI=1S/C30H30F3N3O/c1-21-7-5-8-22(17-21)26(27-20-34(2)28-12-4-3-11-25(27)28)19-29(37)36-15-13-35(14-16-36)24-10-6-9-23(18-24)30(31,32)33/h3-12,17-18,20,26H,13-16,19H2,1-2H3. The molecule has 0 bridgehead atoms. The molecule has 4 nitrogen and oxygen atoms in total. The molecule has 2 heterocycles. The summed E-state index contributed by atoms with van der Waals surface area (Å²) < 4.78 is 41.6. The number of para-hydroxylation sites is 1. The maximum Gasteiger partial charge on any atom is 0.416 e. The second-order valence-electron chi connectivity index (χ2n) is 9.80. The van der Waals surface area contributed by atoms with E-state index < -0.39 is 11.7 Å². The predicted molar refractivity (Wildman–Crippen MR) is 141 cm³/mol. The number of carbonyl (C=O) groups excluding carboxylic acids is 1. The van der Waals surface area contributed by atoms with Gasteiger partial charge in [0.15, 0.2) is 0 Å². The van der Waals surface area contributed by atoms with Crippen LogP contribution in [0, 0.1) is 6.92 Å². The van der Waals surface area contributed by atoms with Gasteiger partial charge < -0.3 is 14.4 Å². The van der Waals surface area contributed by atoms with Crippen molar-refractivity contribution >= 4 is 22.5 Å². The first-order valence-electron chi connectivity index (χ1n) is 12.5. The van der Waals surface area contributed by atoms with Gasteiger partial charge in [-0.05, 0) is 42.3 Å². The highest BCUT2D eigenvalue weighted by atomic mass is 19.4. The minimum atomic E-state index is -4.37. The number of halogens is 3. The van der Waals surface area contributed by atoms with E-state index >= 15 is 0 Å². The zero-order valence-electron chi connectivity index (χ0n) is 21.0. The largest absolute Gasteiger partial charge is 0.416 e. The number of piperazine rings is 1. The Hall–Kier alpha value is -3.74. The minimum absolute atomic E-state index is 0.0585. The number of aromatic nitrogens is 1. The van der Waals surface area contributed by atoms with Gasteiger partial charge in [0.2, 0.25) is 5.91 Å². The van der Waals surface area contributed by atoms with Gasteiger partial charge in [0, 0.05) is 68.4 Å². The summed E-state index contributed by atoms with van der Waals surface area (Å²) in [6.45, 7) is 4.00. The molecule has 0 radical (unpaired) electrons. The Morgan fingerprint density at radius 1 is 0.919 bits per heavy atom. The summed E-state index contributed by atoms with van der Waals surface area (Å²) in [5.41, 5.74) is 4.38. The maximum atomic E-state index is 13.6. The molecule has 7 heteroatoms. The minimum Gasteiger partial charge on any atom is -0.368 e. The van der Waals surface area contributed by atoms with E-state index in [9.17, 15) is 18.0 Å². The van der Waals surface area contributed by atoms with Gasteiger partial charge in [-0.2, -0.15) is 13.2 Å². The van der Waals surface area contributed by atoms with E-state index in [4.69, 9.17) is 0 Å². The third-order valence-electron chi connectivity index (χ3n) is 7.30. The Bertz CT molecular complexity index is 1420. The zero-order chi connectivity index (χ0) is 26.2. The molecule has 192 valence electrons. The summed E-state index contributed by atoms with van der Waals surface area (Å²) in [6, 6.07) is 21.9. The van der Waals surface area contributed by atoms with Crippen LogP contribution in [0.1, 0.15) is 34.6 Å². The van der Waals surface area contributed by atoms with Crippen LogP contribution in [0.4, 0.5) is 18.9 Å². The number of fused-ring (bicyclic) bond motifs is 1. The molecule has 1 fully saturated rings. The van der Waals surface area contributed by atoms with Crippen LogP contribution in [-0.2, 0) is 18.0 Å². The molecule has 1 aromatic heterocycles. The number of alkyl halides is 3. The highest BCUT2D eigenvalue weighted by Crippen LogP contribution is 2.36. The fourth-order valence-corrected chi connectivity index (χ4v) is 5.34. The highest BCUT2D eigenvalue weighted by molar-refractivity contribution is 5.86. The molecule has 1 amide bonds. The lowest BCUT2D eigenvalue weighted by Crippen LogP contribution is -2.49. The van der Waals surface area contributed by atoms with Gasteiger partial charge >= 0.3 is 6.18 Å². The second-order valence-corrected chi connectivity index (χ2v) is 9.80. The molecular weight excluding hydrogens is 475 g/mol. The van der Waals surface area contributed by atoms with Crippen LogP contribution in [0.15, 0.2) is 79.0 Å². The van der Waals surface area contributed by atoms with E-state index in [1.54, 1.807) is 6.07 Å². The number of benzene rings is 3. The fraction of sp³-hybridized carbons (Fsp3) is 0.300. The number of carbonyl (C=O) groups is 1. The van der Waals surface area contributed by atoms with Crippen LogP contribution in [-0.4, -0.2) is 41.6 Å². The van der Waals surface area contributed by atoms with E-state index in [0.29, 0.717) is 38.3 Å². The van der Waals surface area contributed by atoms with Gasteiger partial charge in [0.05, 0.1) is 5.56 Å². The molecule has 0 spiro atoms. The molecule has 1 atom stereocenters. The molecule has 1 aliphatic rings. The van der Waals surface area contributed by atoms with Crippen LogP contribution >= 0.6 is 0 Å². The number of rotatable bonds is 5. The average Bonchev–Trinajstić information content (AvgIpc) is 3.23. The predicted octanol–water partition coefficient (Wildman–Crippen LogP) is 6.38. The Morgan fingerprint density at radius 2 is 1.65 bits per heavy atom. The Morgan fingerprint density at radius 3 is 2.38 bits per heavy atom. The van der Waals surface area contributed by atoms with E-state index in [0.717, 1.165) is 33.7 Å². The first kappa shape index (κ1) is 24.9. The van der Waals surface area contributed by atoms with Crippen molar-refractivity contribution in [3.63, 3.8) is 0 Å². The van der Waals surface area contributed by atoms with Gasteiger partial charge in [-0.3, -0.25) is 4.79 Å². The van der Waals surface area contributed by atoms with Crippen molar-refractivity contribution in [3.8, 4) is 0 Å². The quantitative estimate of drug-likeness (QED) is 0.315. The lowest BCUT2D eigenvalue weighted by Gasteiger charge is -2.37. The topological polar surface area (TPSA) is 28.5 Å². The summed E-state index contributed by atoms with van der Waals surface area (Å²) in [5.74, 6) is -0.0388. The normalized spacial score (nSPS) is 15.3. The molecule has 1 aliphatic heterocycles. The SMILES string of the molecule is Cc1cccc(C(CC(=O)N2CCN(c3cccc(C(F)(F)F)c3)CC2)c2cn(C)c3ccccc23)c1. The Kier molecular flexibility index (Phi) is 6.71. The Balaban J connectivity index is 1.35. The highest BCUT2D eigenvalue weighted by Gasteiger charge is 2.32. The molecule has 0 saturated carbocycles. The molecule has 1 unspecified atom stereocenters. The molecule has 0 aliphatic carbocycles. The Labute approximate surface area is 214 Å². The van der Waals surface area contributed by atoms with E-state index in [1.807, 2.05) is 35.0 Å². The van der Waals surface area contributed by atoms with Crippen molar-refractivity contribution in [2.45, 2.75) is 25.4 Å². The summed E-state index contributed by atoms with van der Waals surface area (Å²) in [5, 5.41) is 1.14. The molecule has 3 aromatic carbocycles. The van der Waals surface area contributed by atoms with Gasteiger partial charge in [-0.1, -0.05) is 54.1 Å². The maximum absolute atomic E-state index is 13.6. The number of hydrogen-bond acceptors (Lipinski definition) is 2. The molecular formula is C30H30F3N3O. The van der Waals surface area contributed by atoms with Crippen molar-refractivity contribution in [1.82, 2.24) is 9.47 Å². The van der Waals surface area contributed by atoms with Gasteiger partial charge in [-0.15, -0.1) is 0 Å². The van der Waals surface area contributed by atoms with Gasteiger partial charge in [0.1, 0.15) is 0 Å². The number of nitrogens with zero attached hydrogens (tertiary/aromatic N) is 3. The number of anilines is 1. The van der Waals surface area contributed by atoms with Crippen molar-refractivity contribution in [2.75, 3.05) is 31.1 Å². The molecule has 0 N–H and O–H groups in total. The fourth-order valence-electron chi connectivity index (χ4n) is 5.34. The average molecular weight is 506 g/mol. The summed E-state index contributed by atoms with van der Waals surface area (Å²) in [4.78, 5) is 17.3. The summed E-state index contributed by atoms with van der Waals surface area (Å²) in [7, 11) is 2.02. The van der Waals surface area contributed by atoms with E-state index in [2.05, 4.69) is 48.0 Å². The van der Waals surface area contributed by atoms with E-state index in [1.165, 1.54) is 12.1 Å². The summed E-state index contributed by atoms with van der Waals surface area (Å²) >= 11 is 0. The third-order valence-corrected chi connectivity index (χ3v) is 7.30. The second kappa shape index (κ2) is 9.96. The monoisotopic (exact) mass is 505 g/mol. The lowest BCUT2D eigenvalue weighted by molar-refractivity contribution is -0.137. The third kappa shape index (κ3) is 5.22.